The van der Waals surface area contributed by atoms with Gasteiger partial charge in [0, 0.05) is 37.2 Å². The Morgan fingerprint density at radius 2 is 1.90 bits per heavy atom. The molecule has 4 rings (SSSR count). The molecule has 1 aliphatic heterocycles. The lowest BCUT2D eigenvalue weighted by Gasteiger charge is -2.33. The number of carbonyl (C=O) groups is 1. The van der Waals surface area contributed by atoms with Gasteiger partial charge < -0.3 is 5.32 Å². The third-order valence-electron chi connectivity index (χ3n) is 7.63. The van der Waals surface area contributed by atoms with E-state index in [0.717, 1.165) is 17.9 Å². The summed E-state index contributed by atoms with van der Waals surface area (Å²) in [7, 11) is -3.84. The third-order valence-corrected chi connectivity index (χ3v) is 9.67. The van der Waals surface area contributed by atoms with Gasteiger partial charge in [-0.15, -0.1) is 0 Å². The predicted molar refractivity (Wildman–Crippen MR) is 116 cm³/mol. The van der Waals surface area contributed by atoms with Gasteiger partial charge in [0.2, 0.25) is 15.9 Å². The first-order valence-corrected chi connectivity index (χ1v) is 12.7. The van der Waals surface area contributed by atoms with Crippen LogP contribution in [0.3, 0.4) is 0 Å². The Hall–Kier alpha value is -2.00. The molecule has 1 N–H and O–H groups in total. The van der Waals surface area contributed by atoms with Gasteiger partial charge in [-0.1, -0.05) is 12.5 Å². The molecule has 4 atom stereocenters. The second-order valence-corrected chi connectivity index (χ2v) is 11.4. The second kappa shape index (κ2) is 8.50. The van der Waals surface area contributed by atoms with Crippen LogP contribution in [-0.2, 0) is 14.8 Å². The van der Waals surface area contributed by atoms with Crippen LogP contribution in [0.4, 0.5) is 5.69 Å². The maximum absolute atomic E-state index is 13.1. The van der Waals surface area contributed by atoms with Gasteiger partial charge in [-0.3, -0.25) is 14.9 Å². The third kappa shape index (κ3) is 4.35. The molecule has 0 aromatic heterocycles. The van der Waals surface area contributed by atoms with Crippen molar-refractivity contribution in [3.8, 4) is 0 Å². The lowest BCUT2D eigenvalue weighted by atomic mass is 9.83. The van der Waals surface area contributed by atoms with Crippen LogP contribution in [0.15, 0.2) is 23.1 Å². The molecule has 31 heavy (non-hydrogen) atoms. The van der Waals surface area contributed by atoms with Crippen LogP contribution in [0.2, 0.25) is 0 Å². The summed E-state index contributed by atoms with van der Waals surface area (Å²) in [6.07, 6.45) is 6.05. The standard InChI is InChI=1S/C22H31N3O5S/c1-14-3-6-19(25(27)28)13-21(14)31(29,30)24-9-7-17(8-10-24)22(26)23-15(2)20-12-16-4-5-18(20)11-16/h3,6,13,15-18,20H,4-5,7-12H2,1-2H3,(H,23,26)/t15-,16-,18-,20-/m0/s1. The molecule has 3 fully saturated rings. The smallest absolute Gasteiger partial charge is 0.270 e. The summed E-state index contributed by atoms with van der Waals surface area (Å²) < 4.78 is 27.5. The van der Waals surface area contributed by atoms with Gasteiger partial charge in [0.05, 0.1) is 9.82 Å². The monoisotopic (exact) mass is 449 g/mol. The zero-order chi connectivity index (χ0) is 22.3. The van der Waals surface area contributed by atoms with Crippen molar-refractivity contribution in [1.29, 1.82) is 0 Å². The highest BCUT2D eigenvalue weighted by molar-refractivity contribution is 7.89. The van der Waals surface area contributed by atoms with E-state index in [1.54, 1.807) is 6.92 Å². The first-order chi connectivity index (χ1) is 14.7. The molecule has 1 saturated heterocycles. The van der Waals surface area contributed by atoms with E-state index < -0.39 is 14.9 Å². The number of nitrogens with one attached hydrogen (secondary N) is 1. The topological polar surface area (TPSA) is 110 Å². The van der Waals surface area contributed by atoms with Crippen LogP contribution in [0.1, 0.15) is 51.0 Å². The zero-order valence-electron chi connectivity index (χ0n) is 18.1. The van der Waals surface area contributed by atoms with E-state index in [1.165, 1.54) is 42.1 Å². The maximum Gasteiger partial charge on any atom is 0.270 e. The van der Waals surface area contributed by atoms with E-state index in [2.05, 4.69) is 12.2 Å². The normalized spacial score (nSPS) is 27.9. The van der Waals surface area contributed by atoms with E-state index in [0.29, 0.717) is 24.3 Å². The van der Waals surface area contributed by atoms with Crippen molar-refractivity contribution in [2.24, 2.45) is 23.7 Å². The molecule has 3 aliphatic rings. The van der Waals surface area contributed by atoms with Gasteiger partial charge in [0.1, 0.15) is 0 Å². The van der Waals surface area contributed by atoms with Crippen LogP contribution in [-0.4, -0.2) is 42.7 Å². The minimum atomic E-state index is -3.84. The summed E-state index contributed by atoms with van der Waals surface area (Å²) >= 11 is 0. The zero-order valence-corrected chi connectivity index (χ0v) is 18.9. The van der Waals surface area contributed by atoms with Gasteiger partial charge in [0.25, 0.3) is 5.69 Å². The number of nitro groups is 1. The first-order valence-electron chi connectivity index (χ1n) is 11.2. The molecule has 170 valence electrons. The number of hydrogen-bond acceptors (Lipinski definition) is 5. The van der Waals surface area contributed by atoms with Crippen LogP contribution < -0.4 is 5.32 Å². The lowest BCUT2D eigenvalue weighted by molar-refractivity contribution is -0.385. The minimum Gasteiger partial charge on any atom is -0.353 e. The number of carbonyl (C=O) groups excluding carboxylic acids is 1. The van der Waals surface area contributed by atoms with Gasteiger partial charge in [-0.2, -0.15) is 4.31 Å². The Balaban J connectivity index is 1.36. The Morgan fingerprint density at radius 3 is 2.48 bits per heavy atom. The summed E-state index contributed by atoms with van der Waals surface area (Å²) in [5, 5.41) is 14.3. The Morgan fingerprint density at radius 1 is 1.19 bits per heavy atom. The van der Waals surface area contributed by atoms with Crippen LogP contribution in [0.25, 0.3) is 0 Å². The van der Waals surface area contributed by atoms with Gasteiger partial charge in [-0.25, -0.2) is 8.42 Å². The fourth-order valence-electron chi connectivity index (χ4n) is 5.83. The maximum atomic E-state index is 13.1. The molecule has 1 amide bonds. The van der Waals surface area contributed by atoms with Crippen LogP contribution >= 0.6 is 0 Å². The van der Waals surface area contributed by atoms with Gasteiger partial charge in [-0.05, 0) is 69.3 Å². The predicted octanol–water partition coefficient (Wildman–Crippen LogP) is 3.24. The van der Waals surface area contributed by atoms with Crippen LogP contribution in [0, 0.1) is 40.7 Å². The van der Waals surface area contributed by atoms with Crippen molar-refractivity contribution in [3.63, 3.8) is 0 Å². The molecule has 0 spiro atoms. The number of non-ortho nitro benzene ring substituents is 1. The highest BCUT2D eigenvalue weighted by atomic mass is 32.2. The molecule has 1 aromatic carbocycles. The Labute approximate surface area is 183 Å². The number of benzene rings is 1. The quantitative estimate of drug-likeness (QED) is 0.530. The summed E-state index contributed by atoms with van der Waals surface area (Å²) in [5.74, 6) is 1.98. The van der Waals surface area contributed by atoms with Crippen molar-refractivity contribution in [1.82, 2.24) is 9.62 Å². The SMILES string of the molecule is Cc1ccc([N+](=O)[O-])cc1S(=O)(=O)N1CCC(C(=O)N[C@@H](C)[C@@H]2C[C@H]3CC[C@H]2C3)CC1. The Bertz CT molecular complexity index is 971. The summed E-state index contributed by atoms with van der Waals surface area (Å²) in [5.41, 5.74) is 0.234. The van der Waals surface area contributed by atoms with E-state index in [1.807, 2.05) is 0 Å². The molecule has 2 aliphatic carbocycles. The summed E-state index contributed by atoms with van der Waals surface area (Å²) in [6, 6.07) is 4.06. The van der Waals surface area contributed by atoms with Crippen molar-refractivity contribution >= 4 is 21.6 Å². The molecule has 2 saturated carbocycles. The van der Waals surface area contributed by atoms with Crippen molar-refractivity contribution in [2.75, 3.05) is 13.1 Å². The molecular formula is C22H31N3O5S. The van der Waals surface area contributed by atoms with Gasteiger partial charge >= 0.3 is 0 Å². The van der Waals surface area contributed by atoms with E-state index >= 15 is 0 Å². The fraction of sp³-hybridized carbons (Fsp3) is 0.682. The number of amides is 1. The first kappa shape index (κ1) is 22.2. The average Bonchev–Trinajstić information content (AvgIpc) is 3.37. The van der Waals surface area contributed by atoms with Crippen molar-refractivity contribution < 1.29 is 18.1 Å². The fourth-order valence-corrected chi connectivity index (χ4v) is 7.55. The summed E-state index contributed by atoms with van der Waals surface area (Å²) in [6.45, 7) is 4.22. The highest BCUT2D eigenvalue weighted by Crippen LogP contribution is 2.49. The summed E-state index contributed by atoms with van der Waals surface area (Å²) in [4.78, 5) is 23.3. The molecule has 1 aromatic rings. The van der Waals surface area contributed by atoms with E-state index in [9.17, 15) is 23.3 Å². The molecule has 0 radical (unpaired) electrons. The van der Waals surface area contributed by atoms with Gasteiger partial charge in [0.15, 0.2) is 0 Å². The number of nitrogens with zero attached hydrogens (tertiary/aromatic N) is 2. The number of aryl methyl sites for hydroxylation is 1. The van der Waals surface area contributed by atoms with E-state index in [4.69, 9.17) is 0 Å². The molecule has 2 bridgehead atoms. The minimum absolute atomic E-state index is 0.0267. The molecule has 1 heterocycles. The highest BCUT2D eigenvalue weighted by Gasteiger charge is 2.42. The molecule has 8 nitrogen and oxygen atoms in total. The lowest BCUT2D eigenvalue weighted by Crippen LogP contribution is -2.47. The number of nitro benzene ring substituents is 1. The molecular weight excluding hydrogens is 418 g/mol. The van der Waals surface area contributed by atoms with E-state index in [-0.39, 0.29) is 41.5 Å². The van der Waals surface area contributed by atoms with Crippen LogP contribution in [0.5, 0.6) is 0 Å². The average molecular weight is 450 g/mol. The number of hydrogen-bond donors (Lipinski definition) is 1. The molecule has 9 heteroatoms. The van der Waals surface area contributed by atoms with Crippen molar-refractivity contribution in [3.05, 3.63) is 33.9 Å². The number of sulfonamides is 1. The van der Waals surface area contributed by atoms with Crippen molar-refractivity contribution in [2.45, 2.75) is 63.3 Å². The number of rotatable bonds is 6. The number of fused-ring (bicyclic) bond motifs is 2. The number of piperidine rings is 1. The largest absolute Gasteiger partial charge is 0.353 e. The second-order valence-electron chi connectivity index (χ2n) is 9.52. The Kier molecular flexibility index (Phi) is 6.09. The molecule has 0 unspecified atom stereocenters.